The van der Waals surface area contributed by atoms with Gasteiger partial charge in [0.2, 0.25) is 0 Å². The van der Waals surface area contributed by atoms with Crippen molar-refractivity contribution in [2.75, 3.05) is 26.2 Å². The van der Waals surface area contributed by atoms with Crippen molar-refractivity contribution in [2.45, 2.75) is 66.2 Å². The fourth-order valence-corrected chi connectivity index (χ4v) is 3.54. The van der Waals surface area contributed by atoms with Crippen LogP contribution in [-0.2, 0) is 22.4 Å². The summed E-state index contributed by atoms with van der Waals surface area (Å²) in [4.78, 5) is 24.2. The number of benzene rings is 2. The first kappa shape index (κ1) is 35.9. The highest BCUT2D eigenvalue weighted by Crippen LogP contribution is 2.30. The molecule has 6 nitrogen and oxygen atoms in total. The molecule has 2 rings (SSSR count). The average molecular weight is 570 g/mol. The van der Waals surface area contributed by atoms with Crippen molar-refractivity contribution in [3.63, 3.8) is 0 Å². The Morgan fingerprint density at radius 3 is 1.66 bits per heavy atom. The molecule has 0 fully saturated rings. The maximum absolute atomic E-state index is 12.1. The Balaban J connectivity index is 0.00000684. The van der Waals surface area contributed by atoms with Crippen LogP contribution in [0.3, 0.4) is 0 Å². The van der Waals surface area contributed by atoms with Gasteiger partial charge in [0.1, 0.15) is 0 Å². The zero-order valence-electron chi connectivity index (χ0n) is 23.3. The number of ether oxygens (including phenoxy) is 2. The SMILES string of the molecule is CC(C)C(=O)Oc1ccc(CCNCCCCCCNCCc2ccccc2)cc1OC(=O)C(C)C.Cl.Cl. The summed E-state index contributed by atoms with van der Waals surface area (Å²) in [6.07, 6.45) is 6.71. The minimum atomic E-state index is -0.353. The van der Waals surface area contributed by atoms with E-state index in [0.29, 0.717) is 5.75 Å². The predicted octanol–water partition coefficient (Wildman–Crippen LogP) is 6.18. The number of unbranched alkanes of at least 4 members (excludes halogenated alkanes) is 3. The van der Waals surface area contributed by atoms with E-state index in [1.807, 2.05) is 6.07 Å². The van der Waals surface area contributed by atoms with Crippen LogP contribution in [-0.4, -0.2) is 38.1 Å². The highest BCUT2D eigenvalue weighted by Gasteiger charge is 2.18. The summed E-state index contributed by atoms with van der Waals surface area (Å²) in [6.45, 7) is 11.0. The molecule has 0 radical (unpaired) electrons. The summed E-state index contributed by atoms with van der Waals surface area (Å²) in [5.74, 6) is -0.647. The third-order valence-electron chi connectivity index (χ3n) is 5.85. The monoisotopic (exact) mass is 568 g/mol. The predicted molar refractivity (Wildman–Crippen MR) is 160 cm³/mol. The number of carbonyl (C=O) groups excluding carboxylic acids is 2. The third-order valence-corrected chi connectivity index (χ3v) is 5.85. The summed E-state index contributed by atoms with van der Waals surface area (Å²) in [5.41, 5.74) is 2.41. The van der Waals surface area contributed by atoms with E-state index in [9.17, 15) is 9.59 Å². The number of nitrogens with one attached hydrogen (secondary N) is 2. The number of hydrogen-bond acceptors (Lipinski definition) is 6. The number of hydrogen-bond donors (Lipinski definition) is 2. The Morgan fingerprint density at radius 1 is 0.632 bits per heavy atom. The highest BCUT2D eigenvalue weighted by atomic mass is 35.5. The van der Waals surface area contributed by atoms with Crippen LogP contribution in [0.1, 0.15) is 64.5 Å². The van der Waals surface area contributed by atoms with Crippen molar-refractivity contribution >= 4 is 36.8 Å². The van der Waals surface area contributed by atoms with Crippen LogP contribution in [0.4, 0.5) is 0 Å². The van der Waals surface area contributed by atoms with Crippen LogP contribution in [0.2, 0.25) is 0 Å². The van der Waals surface area contributed by atoms with Crippen LogP contribution < -0.4 is 20.1 Å². The van der Waals surface area contributed by atoms with Crippen molar-refractivity contribution in [3.8, 4) is 11.5 Å². The Labute approximate surface area is 241 Å². The van der Waals surface area contributed by atoms with Crippen LogP contribution in [0.5, 0.6) is 11.5 Å². The van der Waals surface area contributed by atoms with Gasteiger partial charge in [-0.3, -0.25) is 9.59 Å². The molecule has 0 saturated carbocycles. The zero-order chi connectivity index (χ0) is 26.2. The van der Waals surface area contributed by atoms with Crippen LogP contribution in [0, 0.1) is 11.8 Å². The van der Waals surface area contributed by atoms with Gasteiger partial charge in [0.15, 0.2) is 11.5 Å². The van der Waals surface area contributed by atoms with E-state index in [-0.39, 0.29) is 54.3 Å². The normalized spacial score (nSPS) is 10.6. The first-order valence-corrected chi connectivity index (χ1v) is 13.4. The minimum absolute atomic E-state index is 0. The second kappa shape index (κ2) is 20.8. The maximum Gasteiger partial charge on any atom is 0.313 e. The highest BCUT2D eigenvalue weighted by molar-refractivity contribution is 5.85. The Hall–Kier alpha value is -2.12. The molecule has 0 aliphatic rings. The average Bonchev–Trinajstić information content (AvgIpc) is 2.86. The van der Waals surface area contributed by atoms with Crippen LogP contribution in [0.15, 0.2) is 48.5 Å². The summed E-state index contributed by atoms with van der Waals surface area (Å²) < 4.78 is 11.0. The van der Waals surface area contributed by atoms with Gasteiger partial charge in [0.25, 0.3) is 0 Å². The van der Waals surface area contributed by atoms with Gasteiger partial charge >= 0.3 is 11.9 Å². The molecule has 0 aromatic heterocycles. The van der Waals surface area contributed by atoms with E-state index in [0.717, 1.165) is 51.0 Å². The molecule has 0 heterocycles. The largest absolute Gasteiger partial charge is 0.422 e. The summed E-state index contributed by atoms with van der Waals surface area (Å²) in [6, 6.07) is 16.0. The van der Waals surface area contributed by atoms with Crippen molar-refractivity contribution in [3.05, 3.63) is 59.7 Å². The van der Waals surface area contributed by atoms with E-state index in [1.165, 1.54) is 24.8 Å². The molecule has 0 atom stereocenters. The van der Waals surface area contributed by atoms with E-state index in [4.69, 9.17) is 9.47 Å². The molecule has 0 aliphatic heterocycles. The van der Waals surface area contributed by atoms with Gasteiger partial charge in [-0.25, -0.2) is 0 Å². The number of carbonyl (C=O) groups is 2. The fraction of sp³-hybridized carbons (Fsp3) is 0.533. The molecule has 2 aromatic rings. The van der Waals surface area contributed by atoms with E-state index in [2.05, 4.69) is 41.0 Å². The topological polar surface area (TPSA) is 76.7 Å². The molecule has 0 amide bonds. The lowest BCUT2D eigenvalue weighted by atomic mass is 10.1. The zero-order valence-corrected chi connectivity index (χ0v) is 24.9. The second-order valence-corrected chi connectivity index (χ2v) is 9.83. The van der Waals surface area contributed by atoms with Gasteiger partial charge in [-0.1, -0.05) is 76.9 Å². The van der Waals surface area contributed by atoms with Gasteiger partial charge < -0.3 is 20.1 Å². The molecule has 214 valence electrons. The maximum atomic E-state index is 12.1. The van der Waals surface area contributed by atoms with Gasteiger partial charge in [-0.2, -0.15) is 0 Å². The minimum Gasteiger partial charge on any atom is -0.422 e. The Kier molecular flexibility index (Phi) is 19.6. The molecule has 2 N–H and O–H groups in total. The number of halogens is 2. The van der Waals surface area contributed by atoms with E-state index < -0.39 is 0 Å². The Bertz CT molecular complexity index is 924. The lowest BCUT2D eigenvalue weighted by Gasteiger charge is -2.14. The first-order chi connectivity index (χ1) is 17.4. The number of rotatable bonds is 17. The molecule has 8 heteroatoms. The molecular formula is C30H46Cl2N2O4. The van der Waals surface area contributed by atoms with Gasteiger partial charge in [-0.05, 0) is 75.1 Å². The summed E-state index contributed by atoms with van der Waals surface area (Å²) in [5, 5.41) is 7.03. The third kappa shape index (κ3) is 14.7. The molecule has 0 spiro atoms. The van der Waals surface area contributed by atoms with E-state index >= 15 is 0 Å². The quantitative estimate of drug-likeness (QED) is 0.135. The van der Waals surface area contributed by atoms with Gasteiger partial charge in [0.05, 0.1) is 11.8 Å². The van der Waals surface area contributed by atoms with Crippen molar-refractivity contribution in [2.24, 2.45) is 11.8 Å². The summed E-state index contributed by atoms with van der Waals surface area (Å²) in [7, 11) is 0. The lowest BCUT2D eigenvalue weighted by Crippen LogP contribution is -2.20. The molecule has 0 unspecified atom stereocenters. The van der Waals surface area contributed by atoms with Crippen molar-refractivity contribution in [1.82, 2.24) is 10.6 Å². The lowest BCUT2D eigenvalue weighted by molar-refractivity contribution is -0.140. The van der Waals surface area contributed by atoms with Crippen LogP contribution in [0.25, 0.3) is 0 Å². The van der Waals surface area contributed by atoms with Crippen molar-refractivity contribution in [1.29, 1.82) is 0 Å². The molecule has 38 heavy (non-hydrogen) atoms. The molecule has 0 bridgehead atoms. The van der Waals surface area contributed by atoms with E-state index in [1.54, 1.807) is 39.8 Å². The smallest absolute Gasteiger partial charge is 0.313 e. The van der Waals surface area contributed by atoms with Crippen LogP contribution >= 0.6 is 24.8 Å². The Morgan fingerprint density at radius 2 is 1.13 bits per heavy atom. The molecular weight excluding hydrogens is 523 g/mol. The molecule has 0 aliphatic carbocycles. The van der Waals surface area contributed by atoms with Gasteiger partial charge in [0, 0.05) is 0 Å². The number of esters is 2. The fourth-order valence-electron chi connectivity index (χ4n) is 3.54. The van der Waals surface area contributed by atoms with Gasteiger partial charge in [-0.15, -0.1) is 24.8 Å². The second-order valence-electron chi connectivity index (χ2n) is 9.83. The summed E-state index contributed by atoms with van der Waals surface area (Å²) >= 11 is 0. The molecule has 2 aromatic carbocycles. The standard InChI is InChI=1S/C30H44N2O4.2ClH/c1-23(2)29(33)35-27-15-14-26(22-28(27)36-30(34)24(3)4)17-21-32-19-11-6-5-10-18-31-20-16-25-12-8-7-9-13-25;;/h7-9,12-15,22-24,31-32H,5-6,10-11,16-21H2,1-4H3;2*1H. The van der Waals surface area contributed by atoms with Crippen molar-refractivity contribution < 1.29 is 19.1 Å². The molecule has 0 saturated heterocycles. The first-order valence-electron chi connectivity index (χ1n) is 13.4.